The van der Waals surface area contributed by atoms with Crippen molar-refractivity contribution in [2.75, 3.05) is 0 Å². The number of ether oxygens (including phenoxy) is 1. The van der Waals surface area contributed by atoms with E-state index in [4.69, 9.17) is 27.9 Å². The largest absolute Gasteiger partial charge is 0.479 e. The molecule has 0 heterocycles. The molecule has 0 aromatic heterocycles. The first-order chi connectivity index (χ1) is 11.4. The standard InChI is InChI=1S/C16H13BrCl2N2O3/c1-9(24-14-7-6-12(18)8-13(14)19)15(22)20-21-16(23)10-2-4-11(17)5-3-10/h2-9H,1H3,(H,20,22)(H,21,23)/t9-/m1/s1. The number of carbonyl (C=O) groups excluding carboxylic acids is 2. The molecule has 126 valence electrons. The third kappa shape index (κ3) is 5.12. The van der Waals surface area contributed by atoms with Crippen LogP contribution in [0.4, 0.5) is 0 Å². The van der Waals surface area contributed by atoms with Gasteiger partial charge >= 0.3 is 0 Å². The van der Waals surface area contributed by atoms with E-state index in [1.54, 1.807) is 36.4 Å². The SMILES string of the molecule is C[C@@H](Oc1ccc(Cl)cc1Cl)C(=O)NNC(=O)c1ccc(Br)cc1. The van der Waals surface area contributed by atoms with Gasteiger partial charge in [-0.05, 0) is 49.4 Å². The van der Waals surface area contributed by atoms with Gasteiger partial charge in [-0.15, -0.1) is 0 Å². The van der Waals surface area contributed by atoms with Crippen LogP contribution in [0.25, 0.3) is 0 Å². The van der Waals surface area contributed by atoms with Crippen LogP contribution < -0.4 is 15.6 Å². The Labute approximate surface area is 157 Å². The zero-order valence-electron chi connectivity index (χ0n) is 12.5. The summed E-state index contributed by atoms with van der Waals surface area (Å²) in [6, 6.07) is 11.4. The molecular weight excluding hydrogens is 419 g/mol. The molecular formula is C16H13BrCl2N2O3. The Hall–Kier alpha value is -1.76. The third-order valence-electron chi connectivity index (χ3n) is 2.97. The molecule has 0 radical (unpaired) electrons. The van der Waals surface area contributed by atoms with Crippen LogP contribution in [0.3, 0.4) is 0 Å². The zero-order chi connectivity index (χ0) is 17.7. The Bertz CT molecular complexity index is 753. The van der Waals surface area contributed by atoms with Gasteiger partial charge in [-0.25, -0.2) is 0 Å². The lowest BCUT2D eigenvalue weighted by Gasteiger charge is -2.16. The van der Waals surface area contributed by atoms with Gasteiger partial charge in [-0.1, -0.05) is 39.1 Å². The molecule has 0 bridgehead atoms. The van der Waals surface area contributed by atoms with E-state index in [0.717, 1.165) is 4.47 Å². The van der Waals surface area contributed by atoms with Crippen LogP contribution in [0.1, 0.15) is 17.3 Å². The summed E-state index contributed by atoms with van der Waals surface area (Å²) in [7, 11) is 0. The number of rotatable bonds is 4. The Morgan fingerprint density at radius 1 is 1.08 bits per heavy atom. The number of amides is 2. The topological polar surface area (TPSA) is 67.4 Å². The summed E-state index contributed by atoms with van der Waals surface area (Å²) < 4.78 is 6.31. The van der Waals surface area contributed by atoms with Crippen LogP contribution in [0.5, 0.6) is 5.75 Å². The van der Waals surface area contributed by atoms with E-state index in [1.807, 2.05) is 0 Å². The van der Waals surface area contributed by atoms with Gasteiger partial charge in [0, 0.05) is 15.1 Å². The lowest BCUT2D eigenvalue weighted by atomic mass is 10.2. The highest BCUT2D eigenvalue weighted by Crippen LogP contribution is 2.28. The van der Waals surface area contributed by atoms with Gasteiger partial charge in [0.15, 0.2) is 6.10 Å². The molecule has 0 aliphatic carbocycles. The van der Waals surface area contributed by atoms with E-state index in [-0.39, 0.29) is 0 Å². The number of nitrogens with one attached hydrogen (secondary N) is 2. The molecule has 0 aliphatic rings. The van der Waals surface area contributed by atoms with Crippen molar-refractivity contribution in [2.45, 2.75) is 13.0 Å². The minimum absolute atomic E-state index is 0.293. The van der Waals surface area contributed by atoms with Crippen LogP contribution in [-0.2, 0) is 4.79 Å². The third-order valence-corrected chi connectivity index (χ3v) is 4.03. The summed E-state index contributed by atoms with van der Waals surface area (Å²) in [4.78, 5) is 23.9. The fourth-order valence-electron chi connectivity index (χ4n) is 1.71. The number of hydrazine groups is 1. The normalized spacial score (nSPS) is 11.5. The number of benzene rings is 2. The first kappa shape index (κ1) is 18.6. The summed E-state index contributed by atoms with van der Waals surface area (Å²) in [5.41, 5.74) is 5.03. The summed E-state index contributed by atoms with van der Waals surface area (Å²) in [6.45, 7) is 1.53. The monoisotopic (exact) mass is 430 g/mol. The second-order valence-corrected chi connectivity index (χ2v) is 6.54. The molecule has 2 aromatic carbocycles. The molecule has 2 N–H and O–H groups in total. The molecule has 0 spiro atoms. The summed E-state index contributed by atoms with van der Waals surface area (Å²) >= 11 is 15.1. The van der Waals surface area contributed by atoms with E-state index in [1.165, 1.54) is 13.0 Å². The van der Waals surface area contributed by atoms with Gasteiger partial charge in [-0.2, -0.15) is 0 Å². The second-order valence-electron chi connectivity index (χ2n) is 4.79. The molecule has 2 aromatic rings. The molecule has 0 saturated carbocycles. The Balaban J connectivity index is 1.89. The van der Waals surface area contributed by atoms with Crippen LogP contribution in [0.15, 0.2) is 46.9 Å². The number of hydrogen-bond acceptors (Lipinski definition) is 3. The van der Waals surface area contributed by atoms with E-state index in [9.17, 15) is 9.59 Å². The fraction of sp³-hybridized carbons (Fsp3) is 0.125. The smallest absolute Gasteiger partial charge is 0.279 e. The van der Waals surface area contributed by atoms with Gasteiger partial charge in [0.1, 0.15) is 5.75 Å². The summed E-state index contributed by atoms with van der Waals surface area (Å²) in [5, 5.41) is 0.757. The summed E-state index contributed by atoms with van der Waals surface area (Å²) in [6.07, 6.45) is -0.867. The van der Waals surface area contributed by atoms with E-state index in [2.05, 4.69) is 26.8 Å². The lowest BCUT2D eigenvalue weighted by molar-refractivity contribution is -0.128. The average molecular weight is 432 g/mol. The van der Waals surface area contributed by atoms with Gasteiger partial charge < -0.3 is 4.74 Å². The minimum atomic E-state index is -0.867. The maximum absolute atomic E-state index is 12.0. The highest BCUT2D eigenvalue weighted by molar-refractivity contribution is 9.10. The average Bonchev–Trinajstić information content (AvgIpc) is 2.55. The molecule has 0 saturated heterocycles. The minimum Gasteiger partial charge on any atom is -0.479 e. The predicted octanol–water partition coefficient (Wildman–Crippen LogP) is 3.98. The Morgan fingerprint density at radius 2 is 1.75 bits per heavy atom. The summed E-state index contributed by atoms with van der Waals surface area (Å²) in [5.74, 6) is -0.637. The second kappa shape index (κ2) is 8.37. The van der Waals surface area contributed by atoms with Crippen molar-refractivity contribution in [2.24, 2.45) is 0 Å². The van der Waals surface area contributed by atoms with Crippen molar-refractivity contribution >= 4 is 50.9 Å². The fourth-order valence-corrected chi connectivity index (χ4v) is 2.43. The van der Waals surface area contributed by atoms with Crippen LogP contribution in [0, 0.1) is 0 Å². The van der Waals surface area contributed by atoms with E-state index in [0.29, 0.717) is 21.4 Å². The van der Waals surface area contributed by atoms with Crippen molar-refractivity contribution in [3.63, 3.8) is 0 Å². The molecule has 0 fully saturated rings. The van der Waals surface area contributed by atoms with Gasteiger partial charge in [0.25, 0.3) is 11.8 Å². The van der Waals surface area contributed by atoms with E-state index < -0.39 is 17.9 Å². The molecule has 5 nitrogen and oxygen atoms in total. The number of halogens is 3. The first-order valence-electron chi connectivity index (χ1n) is 6.84. The maximum atomic E-state index is 12.0. The molecule has 2 rings (SSSR count). The zero-order valence-corrected chi connectivity index (χ0v) is 15.6. The lowest BCUT2D eigenvalue weighted by Crippen LogP contribution is -2.47. The van der Waals surface area contributed by atoms with Gasteiger partial charge in [0.2, 0.25) is 0 Å². The first-order valence-corrected chi connectivity index (χ1v) is 8.39. The molecule has 0 aliphatic heterocycles. The molecule has 2 amide bonds. The highest BCUT2D eigenvalue weighted by atomic mass is 79.9. The molecule has 1 atom stereocenters. The van der Waals surface area contributed by atoms with E-state index >= 15 is 0 Å². The van der Waals surface area contributed by atoms with Crippen molar-refractivity contribution in [1.29, 1.82) is 0 Å². The van der Waals surface area contributed by atoms with Gasteiger partial charge in [-0.3, -0.25) is 20.4 Å². The molecule has 0 unspecified atom stereocenters. The Kier molecular flexibility index (Phi) is 6.48. The number of carbonyl (C=O) groups is 2. The van der Waals surface area contributed by atoms with Crippen molar-refractivity contribution in [3.05, 3.63) is 62.5 Å². The van der Waals surface area contributed by atoms with Crippen LogP contribution in [0.2, 0.25) is 10.0 Å². The number of hydrogen-bond donors (Lipinski definition) is 2. The highest BCUT2D eigenvalue weighted by Gasteiger charge is 2.17. The van der Waals surface area contributed by atoms with Gasteiger partial charge in [0.05, 0.1) is 5.02 Å². The Morgan fingerprint density at radius 3 is 2.38 bits per heavy atom. The molecule has 24 heavy (non-hydrogen) atoms. The maximum Gasteiger partial charge on any atom is 0.279 e. The van der Waals surface area contributed by atoms with Crippen LogP contribution >= 0.6 is 39.1 Å². The van der Waals surface area contributed by atoms with Crippen molar-refractivity contribution in [1.82, 2.24) is 10.9 Å². The quantitative estimate of drug-likeness (QED) is 0.719. The molecule has 8 heteroatoms. The van der Waals surface area contributed by atoms with Crippen LogP contribution in [-0.4, -0.2) is 17.9 Å². The van der Waals surface area contributed by atoms with Crippen molar-refractivity contribution in [3.8, 4) is 5.75 Å². The predicted molar refractivity (Wildman–Crippen MR) is 96.3 cm³/mol. The van der Waals surface area contributed by atoms with Crippen molar-refractivity contribution < 1.29 is 14.3 Å².